The molecular weight excluding hydrogens is 182 g/mol. The molecule has 1 saturated carbocycles. The van der Waals surface area contributed by atoms with Gasteiger partial charge in [-0.2, -0.15) is 0 Å². The molecule has 0 amide bonds. The average Bonchev–Trinajstić information content (AvgIpc) is 2.40. The molecule has 1 aromatic heterocycles. The molecule has 0 saturated heterocycles. The van der Waals surface area contributed by atoms with E-state index in [1.807, 2.05) is 0 Å². The van der Waals surface area contributed by atoms with E-state index in [2.05, 4.69) is 10.3 Å². The van der Waals surface area contributed by atoms with Crippen molar-refractivity contribution in [2.75, 3.05) is 5.32 Å². The molecule has 1 aliphatic carbocycles. The summed E-state index contributed by atoms with van der Waals surface area (Å²) in [7, 11) is 1.71. The van der Waals surface area contributed by atoms with Gasteiger partial charge in [-0.25, -0.2) is 9.78 Å². The van der Waals surface area contributed by atoms with Gasteiger partial charge < -0.3 is 15.0 Å². The Kier molecular flexibility index (Phi) is 2.15. The minimum atomic E-state index is -0.943. The second-order valence-electron chi connectivity index (χ2n) is 3.60. The summed E-state index contributed by atoms with van der Waals surface area (Å²) in [5.41, 5.74) is 0.215. The summed E-state index contributed by atoms with van der Waals surface area (Å²) in [6.07, 6.45) is 4.92. The molecule has 0 aromatic carbocycles. The second-order valence-corrected chi connectivity index (χ2v) is 3.60. The van der Waals surface area contributed by atoms with Crippen molar-refractivity contribution in [2.24, 2.45) is 7.05 Å². The van der Waals surface area contributed by atoms with Crippen molar-refractivity contribution in [2.45, 2.75) is 25.3 Å². The number of anilines is 1. The number of nitrogens with zero attached hydrogens (tertiary/aromatic N) is 2. The van der Waals surface area contributed by atoms with Gasteiger partial charge in [0.2, 0.25) is 5.95 Å². The zero-order valence-corrected chi connectivity index (χ0v) is 8.03. The normalized spacial score (nSPS) is 16.4. The van der Waals surface area contributed by atoms with Crippen molar-refractivity contribution in [3.05, 3.63) is 11.9 Å². The predicted octanol–water partition coefficient (Wildman–Crippen LogP) is 1.08. The van der Waals surface area contributed by atoms with Crippen LogP contribution < -0.4 is 5.32 Å². The number of hydrogen-bond acceptors (Lipinski definition) is 3. The fourth-order valence-electron chi connectivity index (χ4n) is 1.48. The third-order valence-corrected chi connectivity index (χ3v) is 2.65. The average molecular weight is 195 g/mol. The first-order valence-corrected chi connectivity index (χ1v) is 4.70. The number of rotatable bonds is 3. The molecule has 1 fully saturated rings. The summed E-state index contributed by atoms with van der Waals surface area (Å²) < 4.78 is 1.57. The number of aromatic nitrogens is 2. The van der Waals surface area contributed by atoms with E-state index in [1.165, 1.54) is 12.6 Å². The van der Waals surface area contributed by atoms with Crippen LogP contribution in [0.25, 0.3) is 0 Å². The molecule has 0 unspecified atom stereocenters. The SMILES string of the molecule is Cn1c(C(=O)O)cnc1NC1CCC1. The van der Waals surface area contributed by atoms with Crippen LogP contribution in [0.15, 0.2) is 6.20 Å². The number of aromatic carboxylic acids is 1. The molecule has 5 heteroatoms. The third kappa shape index (κ3) is 1.45. The van der Waals surface area contributed by atoms with Gasteiger partial charge in [0.05, 0.1) is 6.20 Å². The Hall–Kier alpha value is -1.52. The van der Waals surface area contributed by atoms with Gasteiger partial charge >= 0.3 is 5.97 Å². The van der Waals surface area contributed by atoms with Crippen molar-refractivity contribution in [1.29, 1.82) is 0 Å². The highest BCUT2D eigenvalue weighted by Gasteiger charge is 2.20. The van der Waals surface area contributed by atoms with Crippen LogP contribution in [0.5, 0.6) is 0 Å². The Bertz CT molecular complexity index is 355. The first-order chi connectivity index (χ1) is 6.68. The Morgan fingerprint density at radius 3 is 2.86 bits per heavy atom. The number of carboxylic acids is 1. The lowest BCUT2D eigenvalue weighted by Gasteiger charge is -2.26. The Morgan fingerprint density at radius 1 is 1.71 bits per heavy atom. The molecule has 2 N–H and O–H groups in total. The van der Waals surface area contributed by atoms with Crippen molar-refractivity contribution in [3.8, 4) is 0 Å². The zero-order chi connectivity index (χ0) is 10.1. The lowest BCUT2D eigenvalue weighted by Crippen LogP contribution is -2.28. The minimum Gasteiger partial charge on any atom is -0.477 e. The maximum atomic E-state index is 10.7. The summed E-state index contributed by atoms with van der Waals surface area (Å²) in [4.78, 5) is 14.7. The van der Waals surface area contributed by atoms with Gasteiger partial charge in [-0.15, -0.1) is 0 Å². The maximum absolute atomic E-state index is 10.7. The van der Waals surface area contributed by atoms with E-state index in [0.717, 1.165) is 12.8 Å². The predicted molar refractivity (Wildman–Crippen MR) is 51.4 cm³/mol. The van der Waals surface area contributed by atoms with Crippen molar-refractivity contribution in [3.63, 3.8) is 0 Å². The van der Waals surface area contributed by atoms with Crippen LogP contribution in [0.2, 0.25) is 0 Å². The van der Waals surface area contributed by atoms with E-state index in [-0.39, 0.29) is 5.69 Å². The molecule has 1 aromatic rings. The molecule has 1 heterocycles. The van der Waals surface area contributed by atoms with Gasteiger partial charge in [0.1, 0.15) is 5.69 Å². The molecule has 0 radical (unpaired) electrons. The highest BCUT2D eigenvalue weighted by molar-refractivity contribution is 5.86. The summed E-state index contributed by atoms with van der Waals surface area (Å²) in [6, 6.07) is 0.470. The quantitative estimate of drug-likeness (QED) is 0.757. The van der Waals surface area contributed by atoms with Gasteiger partial charge in [-0.1, -0.05) is 0 Å². The van der Waals surface area contributed by atoms with Crippen LogP contribution in [0.3, 0.4) is 0 Å². The summed E-state index contributed by atoms with van der Waals surface area (Å²) in [5.74, 6) is -0.297. The van der Waals surface area contributed by atoms with Crippen LogP contribution in [0.1, 0.15) is 29.8 Å². The fraction of sp³-hybridized carbons (Fsp3) is 0.556. The number of carbonyl (C=O) groups is 1. The molecule has 0 spiro atoms. The third-order valence-electron chi connectivity index (χ3n) is 2.65. The molecule has 1 aliphatic rings. The first kappa shape index (κ1) is 9.05. The van der Waals surface area contributed by atoms with Crippen LogP contribution in [-0.2, 0) is 7.05 Å². The summed E-state index contributed by atoms with van der Waals surface area (Å²) >= 11 is 0. The highest BCUT2D eigenvalue weighted by atomic mass is 16.4. The Balaban J connectivity index is 2.13. The number of carboxylic acid groups (broad SMARTS) is 1. The van der Waals surface area contributed by atoms with E-state index < -0.39 is 5.97 Å². The van der Waals surface area contributed by atoms with Crippen LogP contribution >= 0.6 is 0 Å². The van der Waals surface area contributed by atoms with Gasteiger partial charge in [-0.05, 0) is 19.3 Å². The summed E-state index contributed by atoms with van der Waals surface area (Å²) in [5, 5.41) is 12.0. The lowest BCUT2D eigenvalue weighted by molar-refractivity contribution is 0.0686. The van der Waals surface area contributed by atoms with Crippen molar-refractivity contribution in [1.82, 2.24) is 9.55 Å². The first-order valence-electron chi connectivity index (χ1n) is 4.70. The van der Waals surface area contributed by atoms with E-state index in [9.17, 15) is 4.79 Å². The number of nitrogens with one attached hydrogen (secondary N) is 1. The van der Waals surface area contributed by atoms with Crippen LogP contribution in [0, 0.1) is 0 Å². The van der Waals surface area contributed by atoms with Gasteiger partial charge in [-0.3, -0.25) is 0 Å². The fourth-order valence-corrected chi connectivity index (χ4v) is 1.48. The molecular formula is C9H13N3O2. The Labute approximate surface area is 81.8 Å². The van der Waals surface area contributed by atoms with Crippen LogP contribution in [-0.4, -0.2) is 26.7 Å². The summed E-state index contributed by atoms with van der Waals surface area (Å²) in [6.45, 7) is 0. The largest absolute Gasteiger partial charge is 0.477 e. The van der Waals surface area contributed by atoms with Gasteiger partial charge in [0.15, 0.2) is 0 Å². The molecule has 5 nitrogen and oxygen atoms in total. The van der Waals surface area contributed by atoms with E-state index in [1.54, 1.807) is 11.6 Å². The van der Waals surface area contributed by atoms with E-state index in [4.69, 9.17) is 5.11 Å². The molecule has 0 atom stereocenters. The minimum absolute atomic E-state index is 0.215. The zero-order valence-electron chi connectivity index (χ0n) is 8.03. The maximum Gasteiger partial charge on any atom is 0.354 e. The van der Waals surface area contributed by atoms with Crippen molar-refractivity contribution >= 4 is 11.9 Å². The molecule has 0 aliphatic heterocycles. The number of imidazole rings is 1. The number of hydrogen-bond donors (Lipinski definition) is 2. The van der Waals surface area contributed by atoms with Gasteiger partial charge in [0.25, 0.3) is 0 Å². The second kappa shape index (κ2) is 3.32. The molecule has 0 bridgehead atoms. The molecule has 2 rings (SSSR count). The van der Waals surface area contributed by atoms with E-state index >= 15 is 0 Å². The smallest absolute Gasteiger partial charge is 0.354 e. The van der Waals surface area contributed by atoms with Gasteiger partial charge in [0, 0.05) is 13.1 Å². The monoisotopic (exact) mass is 195 g/mol. The standard InChI is InChI=1S/C9H13N3O2/c1-12-7(8(13)14)5-10-9(12)11-6-3-2-4-6/h5-6H,2-4H2,1H3,(H,10,11)(H,13,14). The Morgan fingerprint density at radius 2 is 2.43 bits per heavy atom. The highest BCUT2D eigenvalue weighted by Crippen LogP contribution is 2.22. The lowest BCUT2D eigenvalue weighted by atomic mass is 9.93. The van der Waals surface area contributed by atoms with Crippen molar-refractivity contribution < 1.29 is 9.90 Å². The topological polar surface area (TPSA) is 67.2 Å². The van der Waals surface area contributed by atoms with Crippen LogP contribution in [0.4, 0.5) is 5.95 Å². The van der Waals surface area contributed by atoms with E-state index in [0.29, 0.717) is 12.0 Å². The molecule has 14 heavy (non-hydrogen) atoms. The molecule has 76 valence electrons.